The van der Waals surface area contributed by atoms with Crippen LogP contribution in [0.25, 0.3) is 0 Å². The Balaban J connectivity index is 2.15. The number of nitrogens with zero attached hydrogens (tertiary/aromatic N) is 2. The van der Waals surface area contributed by atoms with Crippen LogP contribution in [-0.2, 0) is 0 Å². The number of nitrogens with one attached hydrogen (secondary N) is 1. The fourth-order valence-corrected chi connectivity index (χ4v) is 2.78. The summed E-state index contributed by atoms with van der Waals surface area (Å²) in [4.78, 5) is 7.10. The Morgan fingerprint density at radius 2 is 2.21 bits per heavy atom. The van der Waals surface area contributed by atoms with E-state index in [0.717, 1.165) is 19.0 Å². The summed E-state index contributed by atoms with van der Waals surface area (Å²) in [6.07, 6.45) is 6.11. The molecule has 1 fully saturated rings. The molecule has 0 spiro atoms. The van der Waals surface area contributed by atoms with Crippen LogP contribution in [0, 0.1) is 5.92 Å². The SMILES string of the molecule is CCNC(C)c1cccnc1N(CC)CC1CCC1. The van der Waals surface area contributed by atoms with E-state index in [1.165, 1.54) is 37.2 Å². The summed E-state index contributed by atoms with van der Waals surface area (Å²) in [6.45, 7) is 9.80. The van der Waals surface area contributed by atoms with Crippen molar-refractivity contribution in [2.45, 2.75) is 46.1 Å². The standard InChI is InChI=1S/C16H27N3/c1-4-17-13(3)15-10-7-11-18-16(15)19(5-2)12-14-8-6-9-14/h7,10-11,13-14,17H,4-6,8-9,12H2,1-3H3. The molecular weight excluding hydrogens is 234 g/mol. The summed E-state index contributed by atoms with van der Waals surface area (Å²) >= 11 is 0. The molecule has 1 aromatic heterocycles. The molecule has 2 rings (SSSR count). The highest BCUT2D eigenvalue weighted by molar-refractivity contribution is 5.48. The fourth-order valence-electron chi connectivity index (χ4n) is 2.78. The lowest BCUT2D eigenvalue weighted by Crippen LogP contribution is -2.34. The van der Waals surface area contributed by atoms with Gasteiger partial charge in [0.05, 0.1) is 0 Å². The Hall–Kier alpha value is -1.09. The van der Waals surface area contributed by atoms with E-state index >= 15 is 0 Å². The number of hydrogen-bond acceptors (Lipinski definition) is 3. The van der Waals surface area contributed by atoms with E-state index in [2.05, 4.69) is 42.0 Å². The van der Waals surface area contributed by atoms with Crippen LogP contribution in [0.15, 0.2) is 18.3 Å². The van der Waals surface area contributed by atoms with Gasteiger partial charge in [0.25, 0.3) is 0 Å². The van der Waals surface area contributed by atoms with E-state index < -0.39 is 0 Å². The van der Waals surface area contributed by atoms with Crippen molar-refractivity contribution >= 4 is 5.82 Å². The van der Waals surface area contributed by atoms with Crippen LogP contribution < -0.4 is 10.2 Å². The highest BCUT2D eigenvalue weighted by Crippen LogP contribution is 2.30. The molecule has 1 aromatic rings. The van der Waals surface area contributed by atoms with Crippen molar-refractivity contribution in [2.75, 3.05) is 24.5 Å². The van der Waals surface area contributed by atoms with E-state index in [1.54, 1.807) is 0 Å². The summed E-state index contributed by atoms with van der Waals surface area (Å²) in [5.74, 6) is 2.05. The second-order valence-corrected chi connectivity index (χ2v) is 5.53. The monoisotopic (exact) mass is 261 g/mol. The molecule has 0 aromatic carbocycles. The first kappa shape index (κ1) is 14.3. The number of pyridine rings is 1. The summed E-state index contributed by atoms with van der Waals surface area (Å²) in [7, 11) is 0. The van der Waals surface area contributed by atoms with Crippen LogP contribution in [0.3, 0.4) is 0 Å². The lowest BCUT2D eigenvalue weighted by Gasteiger charge is -2.34. The molecule has 106 valence electrons. The zero-order valence-corrected chi connectivity index (χ0v) is 12.5. The Morgan fingerprint density at radius 1 is 1.42 bits per heavy atom. The van der Waals surface area contributed by atoms with Gasteiger partial charge in [0.1, 0.15) is 5.82 Å². The molecule has 1 aliphatic rings. The third-order valence-electron chi connectivity index (χ3n) is 4.18. The fraction of sp³-hybridized carbons (Fsp3) is 0.688. The smallest absolute Gasteiger partial charge is 0.133 e. The number of aromatic nitrogens is 1. The zero-order chi connectivity index (χ0) is 13.7. The van der Waals surface area contributed by atoms with Gasteiger partial charge in [0.15, 0.2) is 0 Å². The second-order valence-electron chi connectivity index (χ2n) is 5.53. The minimum absolute atomic E-state index is 0.365. The van der Waals surface area contributed by atoms with Crippen LogP contribution in [0.5, 0.6) is 0 Å². The summed E-state index contributed by atoms with van der Waals surface area (Å²) in [5.41, 5.74) is 1.32. The van der Waals surface area contributed by atoms with Gasteiger partial charge in [0, 0.05) is 30.9 Å². The van der Waals surface area contributed by atoms with Crippen LogP contribution in [0.1, 0.15) is 51.6 Å². The van der Waals surface area contributed by atoms with Gasteiger partial charge in [-0.2, -0.15) is 0 Å². The van der Waals surface area contributed by atoms with Gasteiger partial charge in [-0.15, -0.1) is 0 Å². The quantitative estimate of drug-likeness (QED) is 0.815. The highest BCUT2D eigenvalue weighted by Gasteiger charge is 2.22. The van der Waals surface area contributed by atoms with Crippen molar-refractivity contribution < 1.29 is 0 Å². The lowest BCUT2D eigenvalue weighted by atomic mass is 9.85. The van der Waals surface area contributed by atoms with E-state index in [4.69, 9.17) is 0 Å². The van der Waals surface area contributed by atoms with E-state index in [-0.39, 0.29) is 0 Å². The predicted molar refractivity (Wildman–Crippen MR) is 81.6 cm³/mol. The van der Waals surface area contributed by atoms with Crippen LogP contribution in [-0.4, -0.2) is 24.6 Å². The minimum Gasteiger partial charge on any atom is -0.356 e. The molecule has 3 nitrogen and oxygen atoms in total. The average Bonchev–Trinajstić information content (AvgIpc) is 2.38. The third kappa shape index (κ3) is 3.47. The van der Waals surface area contributed by atoms with Gasteiger partial charge in [-0.1, -0.05) is 19.4 Å². The van der Waals surface area contributed by atoms with Crippen LogP contribution in [0.2, 0.25) is 0 Å². The van der Waals surface area contributed by atoms with Gasteiger partial charge < -0.3 is 10.2 Å². The van der Waals surface area contributed by atoms with Crippen molar-refractivity contribution in [3.8, 4) is 0 Å². The molecular formula is C16H27N3. The molecule has 0 aliphatic heterocycles. The van der Waals surface area contributed by atoms with Crippen molar-refractivity contribution in [3.05, 3.63) is 23.9 Å². The van der Waals surface area contributed by atoms with Crippen molar-refractivity contribution in [2.24, 2.45) is 5.92 Å². The van der Waals surface area contributed by atoms with E-state index in [1.807, 2.05) is 12.3 Å². The summed E-state index contributed by atoms with van der Waals surface area (Å²) in [5, 5.41) is 3.50. The molecule has 1 atom stereocenters. The van der Waals surface area contributed by atoms with E-state index in [0.29, 0.717) is 6.04 Å². The average molecular weight is 261 g/mol. The number of anilines is 1. The first-order valence-electron chi connectivity index (χ1n) is 7.69. The predicted octanol–water partition coefficient (Wildman–Crippen LogP) is 3.38. The second kappa shape index (κ2) is 6.90. The first-order chi connectivity index (χ1) is 9.26. The number of rotatable bonds is 7. The largest absolute Gasteiger partial charge is 0.356 e. The maximum absolute atomic E-state index is 4.65. The number of hydrogen-bond donors (Lipinski definition) is 1. The lowest BCUT2D eigenvalue weighted by molar-refractivity contribution is 0.317. The topological polar surface area (TPSA) is 28.2 Å². The molecule has 1 aliphatic carbocycles. The molecule has 1 unspecified atom stereocenters. The van der Waals surface area contributed by atoms with Crippen LogP contribution in [0.4, 0.5) is 5.82 Å². The maximum Gasteiger partial charge on any atom is 0.133 e. The molecule has 0 saturated heterocycles. The Morgan fingerprint density at radius 3 is 2.79 bits per heavy atom. The third-order valence-corrected chi connectivity index (χ3v) is 4.18. The van der Waals surface area contributed by atoms with Crippen molar-refractivity contribution in [3.63, 3.8) is 0 Å². The molecule has 0 radical (unpaired) electrons. The van der Waals surface area contributed by atoms with E-state index in [9.17, 15) is 0 Å². The van der Waals surface area contributed by atoms with Crippen LogP contribution >= 0.6 is 0 Å². The van der Waals surface area contributed by atoms with Crippen molar-refractivity contribution in [1.29, 1.82) is 0 Å². The van der Waals surface area contributed by atoms with Gasteiger partial charge in [-0.05, 0) is 45.2 Å². The minimum atomic E-state index is 0.365. The molecule has 1 heterocycles. The Bertz CT molecular complexity index is 387. The molecule has 0 bridgehead atoms. The first-order valence-corrected chi connectivity index (χ1v) is 7.69. The summed E-state index contributed by atoms with van der Waals surface area (Å²) < 4.78 is 0. The summed E-state index contributed by atoms with van der Waals surface area (Å²) in [6, 6.07) is 4.62. The van der Waals surface area contributed by atoms with Gasteiger partial charge in [0.2, 0.25) is 0 Å². The van der Waals surface area contributed by atoms with Gasteiger partial charge in [-0.25, -0.2) is 4.98 Å². The highest BCUT2D eigenvalue weighted by atomic mass is 15.2. The Kier molecular flexibility index (Phi) is 5.20. The molecule has 19 heavy (non-hydrogen) atoms. The maximum atomic E-state index is 4.65. The molecule has 1 N–H and O–H groups in total. The molecule has 0 amide bonds. The van der Waals surface area contributed by atoms with Crippen molar-refractivity contribution in [1.82, 2.24) is 10.3 Å². The zero-order valence-electron chi connectivity index (χ0n) is 12.5. The normalized spacial score (nSPS) is 17.0. The Labute approximate surface area is 117 Å². The molecule has 1 saturated carbocycles. The van der Waals surface area contributed by atoms with Gasteiger partial charge in [-0.3, -0.25) is 0 Å². The molecule has 3 heteroatoms. The van der Waals surface area contributed by atoms with Gasteiger partial charge >= 0.3 is 0 Å².